The minimum atomic E-state index is -3.52. The lowest BCUT2D eigenvalue weighted by molar-refractivity contribution is -0.137. The molecule has 3 aromatic heterocycles. The van der Waals surface area contributed by atoms with E-state index in [0.717, 1.165) is 41.3 Å². The number of pyridine rings is 2. The molecule has 1 aromatic carbocycles. The molecule has 1 aliphatic rings. The highest BCUT2D eigenvalue weighted by Gasteiger charge is 2.23. The number of sulfone groups is 1. The number of fused-ring (bicyclic) bond motifs is 2. The summed E-state index contributed by atoms with van der Waals surface area (Å²) in [6.07, 6.45) is 8.02. The van der Waals surface area contributed by atoms with E-state index in [-0.39, 0.29) is 11.5 Å². The van der Waals surface area contributed by atoms with Gasteiger partial charge < -0.3 is 19.1 Å². The number of aromatic nitrogens is 3. The molecule has 1 N–H and O–H groups in total. The molecule has 0 fully saturated rings. The molecule has 1 amide bonds. The molecule has 5 rings (SSSR count). The van der Waals surface area contributed by atoms with Gasteiger partial charge in [-0.15, -0.1) is 0 Å². The molecule has 0 atom stereocenters. The number of carboxylic acid groups (broad SMARTS) is 1. The van der Waals surface area contributed by atoms with E-state index in [0.29, 0.717) is 42.4 Å². The molecule has 11 nitrogen and oxygen atoms in total. The van der Waals surface area contributed by atoms with Gasteiger partial charge in [0.25, 0.3) is 0 Å². The second-order valence-corrected chi connectivity index (χ2v) is 11.8. The summed E-state index contributed by atoms with van der Waals surface area (Å²) >= 11 is 0. The maximum absolute atomic E-state index is 12.5. The molecule has 0 bridgehead atoms. The standard InChI is InChI=1S/C30H30N4O7S/c1-3-40-28(35)17-27(22-16-25(19-31-18-22)42(2,38)39)33-13-10-21-15-24(8-9-26(21)33)41-14-11-23-7-6-20-5-4-12-34(30(36)37)29(20)32-23/h6-10,13,15-19H,3-5,11-12,14H2,1-2H3,(H,36,37). The summed E-state index contributed by atoms with van der Waals surface area (Å²) in [5, 5.41) is 10.3. The second-order valence-electron chi connectivity index (χ2n) is 9.79. The summed E-state index contributed by atoms with van der Waals surface area (Å²) in [5.41, 5.74) is 3.27. The van der Waals surface area contributed by atoms with Crippen LogP contribution >= 0.6 is 0 Å². The van der Waals surface area contributed by atoms with Crippen LogP contribution < -0.4 is 9.64 Å². The lowest BCUT2D eigenvalue weighted by Gasteiger charge is -2.26. The Morgan fingerprint density at radius 1 is 1.12 bits per heavy atom. The van der Waals surface area contributed by atoms with Gasteiger partial charge in [0.15, 0.2) is 9.84 Å². The minimum absolute atomic E-state index is 0.0333. The molecule has 0 radical (unpaired) electrons. The highest BCUT2D eigenvalue weighted by Crippen LogP contribution is 2.29. The summed E-state index contributed by atoms with van der Waals surface area (Å²) < 4.78 is 37.2. The largest absolute Gasteiger partial charge is 0.493 e. The van der Waals surface area contributed by atoms with Crippen LogP contribution in [0, 0.1) is 0 Å². The van der Waals surface area contributed by atoms with Crippen LogP contribution in [0.5, 0.6) is 5.75 Å². The number of hydrogen-bond donors (Lipinski definition) is 1. The predicted molar refractivity (Wildman–Crippen MR) is 156 cm³/mol. The van der Waals surface area contributed by atoms with Crippen molar-refractivity contribution in [1.82, 2.24) is 14.5 Å². The lowest BCUT2D eigenvalue weighted by atomic mass is 10.1. The second kappa shape index (κ2) is 12.0. The molecule has 4 heterocycles. The van der Waals surface area contributed by atoms with Crippen molar-refractivity contribution in [3.8, 4) is 5.75 Å². The van der Waals surface area contributed by atoms with Crippen molar-refractivity contribution in [3.05, 3.63) is 84.0 Å². The first kappa shape index (κ1) is 28.8. The molecule has 0 saturated heterocycles. The number of ether oxygens (including phenoxy) is 2. The first-order chi connectivity index (χ1) is 20.1. The van der Waals surface area contributed by atoms with Gasteiger partial charge in [-0.3, -0.25) is 9.88 Å². The van der Waals surface area contributed by atoms with Gasteiger partial charge in [0.05, 0.1) is 29.3 Å². The third-order valence-corrected chi connectivity index (χ3v) is 7.93. The van der Waals surface area contributed by atoms with E-state index in [2.05, 4.69) is 9.97 Å². The number of rotatable bonds is 9. The van der Waals surface area contributed by atoms with Crippen molar-refractivity contribution in [1.29, 1.82) is 0 Å². The Kier molecular flexibility index (Phi) is 8.25. The molecule has 0 aliphatic carbocycles. The molecule has 0 saturated carbocycles. The Bertz CT molecular complexity index is 1800. The number of nitrogens with zero attached hydrogens (tertiary/aromatic N) is 4. The average molecular weight is 591 g/mol. The third-order valence-electron chi connectivity index (χ3n) is 6.85. The third kappa shape index (κ3) is 6.28. The topological polar surface area (TPSA) is 141 Å². The van der Waals surface area contributed by atoms with Gasteiger partial charge in [-0.05, 0) is 61.7 Å². The van der Waals surface area contributed by atoms with Crippen LogP contribution in [0.25, 0.3) is 16.6 Å². The van der Waals surface area contributed by atoms with E-state index in [1.807, 2.05) is 30.3 Å². The monoisotopic (exact) mass is 590 g/mol. The summed E-state index contributed by atoms with van der Waals surface area (Å²) in [5.74, 6) is 0.557. The summed E-state index contributed by atoms with van der Waals surface area (Å²) in [4.78, 5) is 34.0. The zero-order chi connectivity index (χ0) is 29.9. The maximum atomic E-state index is 12.5. The van der Waals surface area contributed by atoms with Gasteiger partial charge in [-0.2, -0.15) is 0 Å². The van der Waals surface area contributed by atoms with Crippen molar-refractivity contribution in [2.75, 3.05) is 30.9 Å². The van der Waals surface area contributed by atoms with E-state index < -0.39 is 21.9 Å². The van der Waals surface area contributed by atoms with Gasteiger partial charge in [-0.25, -0.2) is 23.0 Å². The molecule has 1 aliphatic heterocycles. The van der Waals surface area contributed by atoms with E-state index in [4.69, 9.17) is 9.47 Å². The van der Waals surface area contributed by atoms with Crippen LogP contribution in [0.2, 0.25) is 0 Å². The van der Waals surface area contributed by atoms with Crippen LogP contribution in [0.3, 0.4) is 0 Å². The average Bonchev–Trinajstić information content (AvgIpc) is 3.38. The van der Waals surface area contributed by atoms with Gasteiger partial charge in [0, 0.05) is 60.5 Å². The van der Waals surface area contributed by atoms with Crippen molar-refractivity contribution in [2.45, 2.75) is 31.1 Å². The fourth-order valence-corrected chi connectivity index (χ4v) is 5.44. The molecular weight excluding hydrogens is 560 g/mol. The van der Waals surface area contributed by atoms with E-state index >= 15 is 0 Å². The number of carbonyl (C=O) groups excluding carboxylic acids is 1. The Hall–Kier alpha value is -4.71. The van der Waals surface area contributed by atoms with E-state index in [9.17, 15) is 23.1 Å². The Balaban J connectivity index is 1.37. The zero-order valence-electron chi connectivity index (χ0n) is 23.2. The Morgan fingerprint density at radius 3 is 2.71 bits per heavy atom. The lowest BCUT2D eigenvalue weighted by Crippen LogP contribution is -2.35. The fourth-order valence-electron chi connectivity index (χ4n) is 4.85. The number of amides is 1. The van der Waals surface area contributed by atoms with Gasteiger partial charge in [0.2, 0.25) is 0 Å². The van der Waals surface area contributed by atoms with Crippen LogP contribution in [-0.2, 0) is 32.2 Å². The maximum Gasteiger partial charge on any atom is 0.413 e. The number of esters is 1. The van der Waals surface area contributed by atoms with Crippen molar-refractivity contribution >= 4 is 44.3 Å². The highest BCUT2D eigenvalue weighted by atomic mass is 32.2. The van der Waals surface area contributed by atoms with Crippen LogP contribution in [0.15, 0.2) is 72.0 Å². The summed E-state index contributed by atoms with van der Waals surface area (Å²) in [7, 11) is -3.52. The van der Waals surface area contributed by atoms with Crippen molar-refractivity contribution in [2.24, 2.45) is 0 Å². The Labute approximate surface area is 242 Å². The van der Waals surface area contributed by atoms with Crippen LogP contribution in [-0.4, -0.2) is 66.1 Å². The zero-order valence-corrected chi connectivity index (χ0v) is 24.0. The Morgan fingerprint density at radius 2 is 1.95 bits per heavy atom. The molecular formula is C30H30N4O7S. The van der Waals surface area contributed by atoms with Crippen LogP contribution in [0.4, 0.5) is 10.6 Å². The fraction of sp³-hybridized carbons (Fsp3) is 0.267. The van der Waals surface area contributed by atoms with Crippen LogP contribution in [0.1, 0.15) is 30.2 Å². The number of hydrogen-bond acceptors (Lipinski definition) is 8. The molecule has 0 unspecified atom stereocenters. The molecule has 12 heteroatoms. The molecule has 0 spiro atoms. The molecule has 218 valence electrons. The van der Waals surface area contributed by atoms with Gasteiger partial charge in [0.1, 0.15) is 11.6 Å². The quantitative estimate of drug-likeness (QED) is 0.223. The first-order valence-electron chi connectivity index (χ1n) is 13.4. The highest BCUT2D eigenvalue weighted by molar-refractivity contribution is 7.90. The minimum Gasteiger partial charge on any atom is -0.493 e. The SMILES string of the molecule is CCOC(=O)C=C(c1cncc(S(C)(=O)=O)c1)n1ccc2cc(OCCc3ccc4c(n3)N(C(=O)O)CCC4)ccc21. The number of benzene rings is 1. The van der Waals surface area contributed by atoms with E-state index in [1.54, 1.807) is 23.8 Å². The number of aryl methyl sites for hydroxylation is 1. The normalized spacial score (nSPS) is 13.6. The number of carbonyl (C=O) groups is 2. The summed E-state index contributed by atoms with van der Waals surface area (Å²) in [6, 6.07) is 12.7. The first-order valence-corrected chi connectivity index (χ1v) is 15.3. The van der Waals surface area contributed by atoms with Gasteiger partial charge >= 0.3 is 12.1 Å². The predicted octanol–water partition coefficient (Wildman–Crippen LogP) is 4.34. The summed E-state index contributed by atoms with van der Waals surface area (Å²) in [6.45, 7) is 2.67. The smallest absolute Gasteiger partial charge is 0.413 e. The van der Waals surface area contributed by atoms with Crippen molar-refractivity contribution < 1.29 is 32.6 Å². The number of anilines is 1. The van der Waals surface area contributed by atoms with E-state index in [1.165, 1.54) is 29.4 Å². The van der Waals surface area contributed by atoms with Crippen molar-refractivity contribution in [3.63, 3.8) is 0 Å². The van der Waals surface area contributed by atoms with Gasteiger partial charge in [-0.1, -0.05) is 6.07 Å². The molecule has 4 aromatic rings. The molecule has 42 heavy (non-hydrogen) atoms.